The molecule has 3 rings (SSSR count). The van der Waals surface area contributed by atoms with E-state index in [0.29, 0.717) is 0 Å². The molecule has 0 amide bonds. The molecular formula is C15H21BrN2. The standard InChI is InChI=1S/C15H21BrN2/c1-12-5-6-14(16)15(10-12)18-9-3-8-17-7-2-4-13(17)11-18/h5-6,10,13H,2-4,7-9,11H2,1H3. The van der Waals surface area contributed by atoms with Gasteiger partial charge in [0.05, 0.1) is 5.69 Å². The topological polar surface area (TPSA) is 6.48 Å². The molecule has 1 unspecified atom stereocenters. The van der Waals surface area contributed by atoms with Crippen molar-refractivity contribution in [1.82, 2.24) is 4.90 Å². The quantitative estimate of drug-likeness (QED) is 0.784. The molecule has 1 aromatic rings. The third-order valence-electron chi connectivity index (χ3n) is 4.25. The molecule has 98 valence electrons. The van der Waals surface area contributed by atoms with Crippen molar-refractivity contribution in [3.63, 3.8) is 0 Å². The second-order valence-electron chi connectivity index (χ2n) is 5.59. The molecule has 2 saturated heterocycles. The van der Waals surface area contributed by atoms with Crippen LogP contribution >= 0.6 is 15.9 Å². The number of fused-ring (bicyclic) bond motifs is 1. The molecular weight excluding hydrogens is 288 g/mol. The van der Waals surface area contributed by atoms with E-state index in [1.165, 1.54) is 61.2 Å². The van der Waals surface area contributed by atoms with Gasteiger partial charge in [0, 0.05) is 30.1 Å². The van der Waals surface area contributed by atoms with Crippen LogP contribution in [0.25, 0.3) is 0 Å². The van der Waals surface area contributed by atoms with Gasteiger partial charge in [-0.15, -0.1) is 0 Å². The number of benzene rings is 1. The SMILES string of the molecule is Cc1ccc(Br)c(N2CCCN3CCCC3C2)c1. The molecule has 1 aromatic carbocycles. The minimum absolute atomic E-state index is 0.778. The molecule has 1 atom stereocenters. The minimum atomic E-state index is 0.778. The van der Waals surface area contributed by atoms with Gasteiger partial charge in [0.1, 0.15) is 0 Å². The molecule has 2 nitrogen and oxygen atoms in total. The third-order valence-corrected chi connectivity index (χ3v) is 4.92. The van der Waals surface area contributed by atoms with Crippen molar-refractivity contribution >= 4 is 21.6 Å². The van der Waals surface area contributed by atoms with Crippen molar-refractivity contribution in [1.29, 1.82) is 0 Å². The van der Waals surface area contributed by atoms with E-state index < -0.39 is 0 Å². The summed E-state index contributed by atoms with van der Waals surface area (Å²) < 4.78 is 1.24. The first-order valence-corrected chi connectivity index (χ1v) is 7.78. The van der Waals surface area contributed by atoms with E-state index in [2.05, 4.69) is 50.9 Å². The Hall–Kier alpha value is -0.540. The zero-order valence-corrected chi connectivity index (χ0v) is 12.6. The van der Waals surface area contributed by atoms with Gasteiger partial charge in [0.15, 0.2) is 0 Å². The second kappa shape index (κ2) is 5.22. The Bertz CT molecular complexity index is 433. The summed E-state index contributed by atoms with van der Waals surface area (Å²) in [5.41, 5.74) is 2.73. The summed E-state index contributed by atoms with van der Waals surface area (Å²) in [6.07, 6.45) is 4.05. The van der Waals surface area contributed by atoms with E-state index in [-0.39, 0.29) is 0 Å². The highest BCUT2D eigenvalue weighted by Crippen LogP contribution is 2.31. The summed E-state index contributed by atoms with van der Waals surface area (Å²) in [5, 5.41) is 0. The van der Waals surface area contributed by atoms with Crippen LogP contribution in [0.5, 0.6) is 0 Å². The normalized spacial score (nSPS) is 25.0. The van der Waals surface area contributed by atoms with Gasteiger partial charge in [-0.1, -0.05) is 6.07 Å². The fourth-order valence-corrected chi connectivity index (χ4v) is 3.79. The number of aryl methyl sites for hydroxylation is 1. The molecule has 0 saturated carbocycles. The summed E-state index contributed by atoms with van der Waals surface area (Å²) in [7, 11) is 0. The van der Waals surface area contributed by atoms with Crippen LogP contribution in [0.2, 0.25) is 0 Å². The lowest BCUT2D eigenvalue weighted by molar-refractivity contribution is 0.273. The first kappa shape index (κ1) is 12.5. The highest BCUT2D eigenvalue weighted by atomic mass is 79.9. The molecule has 2 aliphatic heterocycles. The van der Waals surface area contributed by atoms with Gasteiger partial charge in [-0.25, -0.2) is 0 Å². The molecule has 2 heterocycles. The predicted molar refractivity (Wildman–Crippen MR) is 80.3 cm³/mol. The summed E-state index contributed by atoms with van der Waals surface area (Å²) in [4.78, 5) is 5.26. The molecule has 0 aromatic heterocycles. The van der Waals surface area contributed by atoms with Crippen LogP contribution in [0.15, 0.2) is 22.7 Å². The van der Waals surface area contributed by atoms with Crippen LogP contribution in [0.3, 0.4) is 0 Å². The van der Waals surface area contributed by atoms with Gasteiger partial charge >= 0.3 is 0 Å². The molecule has 3 heteroatoms. The molecule has 0 radical (unpaired) electrons. The highest BCUT2D eigenvalue weighted by molar-refractivity contribution is 9.10. The zero-order valence-electron chi connectivity index (χ0n) is 11.0. The maximum Gasteiger partial charge on any atom is 0.0513 e. The van der Waals surface area contributed by atoms with Crippen LogP contribution in [-0.2, 0) is 0 Å². The third kappa shape index (κ3) is 2.43. The Balaban J connectivity index is 1.84. The predicted octanol–water partition coefficient (Wildman–Crippen LogP) is 3.43. The van der Waals surface area contributed by atoms with E-state index in [1.807, 2.05) is 0 Å². The van der Waals surface area contributed by atoms with Crippen LogP contribution in [0.4, 0.5) is 5.69 Å². The van der Waals surface area contributed by atoms with Gasteiger partial charge in [-0.2, -0.15) is 0 Å². The average Bonchev–Trinajstić information content (AvgIpc) is 2.70. The Morgan fingerprint density at radius 1 is 1.17 bits per heavy atom. The van der Waals surface area contributed by atoms with Crippen molar-refractivity contribution in [3.05, 3.63) is 28.2 Å². The second-order valence-corrected chi connectivity index (χ2v) is 6.44. The average molecular weight is 309 g/mol. The summed E-state index contributed by atoms with van der Waals surface area (Å²) in [6, 6.07) is 7.45. The molecule has 0 bridgehead atoms. The monoisotopic (exact) mass is 308 g/mol. The maximum atomic E-state index is 3.71. The van der Waals surface area contributed by atoms with Gasteiger partial charge in [0.25, 0.3) is 0 Å². The maximum absolute atomic E-state index is 3.71. The van der Waals surface area contributed by atoms with Crippen LogP contribution in [0, 0.1) is 6.92 Å². The Labute approximate surface area is 118 Å². The number of anilines is 1. The smallest absolute Gasteiger partial charge is 0.0513 e. The van der Waals surface area contributed by atoms with Crippen LogP contribution in [0.1, 0.15) is 24.8 Å². The van der Waals surface area contributed by atoms with Crippen LogP contribution < -0.4 is 4.90 Å². The van der Waals surface area contributed by atoms with E-state index in [1.54, 1.807) is 0 Å². The Morgan fingerprint density at radius 2 is 2.00 bits per heavy atom. The lowest BCUT2D eigenvalue weighted by atomic mass is 10.1. The first-order valence-electron chi connectivity index (χ1n) is 6.99. The van der Waals surface area contributed by atoms with Crippen molar-refractivity contribution in [2.75, 3.05) is 31.1 Å². The minimum Gasteiger partial charge on any atom is -0.369 e. The molecule has 0 spiro atoms. The fourth-order valence-electron chi connectivity index (χ4n) is 3.29. The van der Waals surface area contributed by atoms with E-state index in [4.69, 9.17) is 0 Å². The van der Waals surface area contributed by atoms with Gasteiger partial charge < -0.3 is 4.90 Å². The summed E-state index contributed by atoms with van der Waals surface area (Å²) in [5.74, 6) is 0. The Kier molecular flexibility index (Phi) is 3.62. The first-order chi connectivity index (χ1) is 8.74. The van der Waals surface area contributed by atoms with E-state index in [9.17, 15) is 0 Å². The van der Waals surface area contributed by atoms with Gasteiger partial charge in [0.2, 0.25) is 0 Å². The van der Waals surface area contributed by atoms with Gasteiger partial charge in [-0.05, 0) is 66.4 Å². The van der Waals surface area contributed by atoms with Crippen molar-refractivity contribution in [3.8, 4) is 0 Å². The number of rotatable bonds is 1. The molecule has 2 fully saturated rings. The highest BCUT2D eigenvalue weighted by Gasteiger charge is 2.29. The number of nitrogens with zero attached hydrogens (tertiary/aromatic N) is 2. The number of hydrogen-bond acceptors (Lipinski definition) is 2. The van der Waals surface area contributed by atoms with Crippen molar-refractivity contribution < 1.29 is 0 Å². The van der Waals surface area contributed by atoms with E-state index in [0.717, 1.165) is 6.04 Å². The largest absolute Gasteiger partial charge is 0.369 e. The van der Waals surface area contributed by atoms with E-state index >= 15 is 0 Å². The lowest BCUT2D eigenvalue weighted by Gasteiger charge is -2.28. The molecule has 2 aliphatic rings. The fraction of sp³-hybridized carbons (Fsp3) is 0.600. The zero-order chi connectivity index (χ0) is 12.5. The Morgan fingerprint density at radius 3 is 2.89 bits per heavy atom. The van der Waals surface area contributed by atoms with Crippen molar-refractivity contribution in [2.24, 2.45) is 0 Å². The number of halogens is 1. The van der Waals surface area contributed by atoms with Crippen LogP contribution in [-0.4, -0.2) is 37.1 Å². The molecule has 0 N–H and O–H groups in total. The molecule has 0 aliphatic carbocycles. The van der Waals surface area contributed by atoms with Crippen molar-refractivity contribution in [2.45, 2.75) is 32.2 Å². The molecule has 18 heavy (non-hydrogen) atoms. The summed E-state index contributed by atoms with van der Waals surface area (Å²) in [6.45, 7) is 7.16. The lowest BCUT2D eigenvalue weighted by Crippen LogP contribution is -2.36. The van der Waals surface area contributed by atoms with Gasteiger partial charge in [-0.3, -0.25) is 4.90 Å². The summed E-state index contributed by atoms with van der Waals surface area (Å²) >= 11 is 3.71. The number of hydrogen-bond donors (Lipinski definition) is 0.